The SMILES string of the molecule is O=C(O)C1Cc2ccccc2N(C(=O)N2CCSCC2)C1. The van der Waals surface area contributed by atoms with Gasteiger partial charge in [0, 0.05) is 36.8 Å². The van der Waals surface area contributed by atoms with Crippen molar-refractivity contribution in [2.45, 2.75) is 6.42 Å². The number of para-hydroxylation sites is 1. The van der Waals surface area contributed by atoms with Gasteiger partial charge in [0.2, 0.25) is 0 Å². The Kier molecular flexibility index (Phi) is 4.05. The highest BCUT2D eigenvalue weighted by Gasteiger charge is 2.34. The molecule has 5 nitrogen and oxygen atoms in total. The van der Waals surface area contributed by atoms with Gasteiger partial charge in [0.25, 0.3) is 0 Å². The zero-order chi connectivity index (χ0) is 14.8. The molecule has 1 aromatic rings. The molecule has 1 N–H and O–H groups in total. The van der Waals surface area contributed by atoms with Crippen LogP contribution >= 0.6 is 11.8 Å². The van der Waals surface area contributed by atoms with Gasteiger partial charge in [-0.2, -0.15) is 11.8 Å². The highest BCUT2D eigenvalue weighted by Crippen LogP contribution is 2.31. The Morgan fingerprint density at radius 1 is 1.19 bits per heavy atom. The first-order chi connectivity index (χ1) is 10.2. The first-order valence-corrected chi connectivity index (χ1v) is 8.27. The molecule has 0 bridgehead atoms. The summed E-state index contributed by atoms with van der Waals surface area (Å²) in [5.74, 6) is 0.534. The van der Waals surface area contributed by atoms with Crippen LogP contribution in [0.15, 0.2) is 24.3 Å². The normalized spacial score (nSPS) is 21.8. The molecule has 0 aliphatic carbocycles. The number of hydrogen-bond donors (Lipinski definition) is 1. The quantitative estimate of drug-likeness (QED) is 0.861. The summed E-state index contributed by atoms with van der Waals surface area (Å²) in [6.45, 7) is 1.73. The van der Waals surface area contributed by atoms with Crippen LogP contribution in [0.25, 0.3) is 0 Å². The molecular weight excluding hydrogens is 288 g/mol. The summed E-state index contributed by atoms with van der Waals surface area (Å²) in [6, 6.07) is 7.55. The zero-order valence-corrected chi connectivity index (χ0v) is 12.5. The molecular formula is C15H18N2O3S. The van der Waals surface area contributed by atoms with E-state index in [2.05, 4.69) is 0 Å². The van der Waals surface area contributed by atoms with Crippen molar-refractivity contribution in [3.8, 4) is 0 Å². The maximum absolute atomic E-state index is 12.7. The van der Waals surface area contributed by atoms with Crippen molar-refractivity contribution in [2.75, 3.05) is 36.0 Å². The van der Waals surface area contributed by atoms with Gasteiger partial charge in [0.15, 0.2) is 0 Å². The molecule has 1 fully saturated rings. The summed E-state index contributed by atoms with van der Waals surface area (Å²) < 4.78 is 0. The number of anilines is 1. The minimum atomic E-state index is -0.837. The Balaban J connectivity index is 1.88. The molecule has 0 aromatic heterocycles. The lowest BCUT2D eigenvalue weighted by atomic mass is 9.93. The number of fused-ring (bicyclic) bond motifs is 1. The predicted octanol–water partition coefficient (Wildman–Crippen LogP) is 1.92. The average Bonchev–Trinajstić information content (AvgIpc) is 2.54. The van der Waals surface area contributed by atoms with Crippen molar-refractivity contribution in [2.24, 2.45) is 5.92 Å². The number of aliphatic carboxylic acids is 1. The molecule has 6 heteroatoms. The molecule has 3 rings (SSSR count). The van der Waals surface area contributed by atoms with Crippen LogP contribution < -0.4 is 4.90 Å². The van der Waals surface area contributed by atoms with Crippen molar-refractivity contribution >= 4 is 29.4 Å². The molecule has 1 unspecified atom stereocenters. The van der Waals surface area contributed by atoms with Crippen LogP contribution in [0.4, 0.5) is 10.5 Å². The lowest BCUT2D eigenvalue weighted by Gasteiger charge is -2.37. The standard InChI is InChI=1S/C15H18N2O3S/c18-14(19)12-9-11-3-1-2-4-13(11)17(10-12)15(20)16-5-7-21-8-6-16/h1-4,12H,5-10H2,(H,18,19). The van der Waals surface area contributed by atoms with E-state index in [9.17, 15) is 14.7 Å². The fraction of sp³-hybridized carbons (Fsp3) is 0.467. The van der Waals surface area contributed by atoms with Crippen molar-refractivity contribution in [1.82, 2.24) is 4.90 Å². The van der Waals surface area contributed by atoms with Gasteiger partial charge in [0.1, 0.15) is 0 Å². The fourth-order valence-electron chi connectivity index (χ4n) is 2.87. The number of carbonyl (C=O) groups excluding carboxylic acids is 1. The summed E-state index contributed by atoms with van der Waals surface area (Å²) in [5.41, 5.74) is 1.80. The highest BCUT2D eigenvalue weighted by molar-refractivity contribution is 7.99. The number of hydrogen-bond acceptors (Lipinski definition) is 3. The third-order valence-corrected chi connectivity index (χ3v) is 4.96. The maximum Gasteiger partial charge on any atom is 0.324 e. The van der Waals surface area contributed by atoms with Gasteiger partial charge in [-0.1, -0.05) is 18.2 Å². The summed E-state index contributed by atoms with van der Waals surface area (Å²) >= 11 is 1.85. The van der Waals surface area contributed by atoms with E-state index in [1.807, 2.05) is 40.9 Å². The monoisotopic (exact) mass is 306 g/mol. The largest absolute Gasteiger partial charge is 0.481 e. The predicted molar refractivity (Wildman–Crippen MR) is 82.9 cm³/mol. The molecule has 21 heavy (non-hydrogen) atoms. The van der Waals surface area contributed by atoms with Crippen LogP contribution in [-0.4, -0.2) is 53.1 Å². The summed E-state index contributed by atoms with van der Waals surface area (Å²) in [4.78, 5) is 27.6. The number of benzene rings is 1. The van der Waals surface area contributed by atoms with E-state index in [0.29, 0.717) is 6.42 Å². The van der Waals surface area contributed by atoms with Crippen molar-refractivity contribution < 1.29 is 14.7 Å². The van der Waals surface area contributed by atoms with E-state index in [-0.39, 0.29) is 12.6 Å². The Labute approximate surface area is 127 Å². The number of carboxylic acid groups (broad SMARTS) is 1. The molecule has 0 spiro atoms. The second-order valence-electron chi connectivity index (χ2n) is 5.36. The summed E-state index contributed by atoms with van der Waals surface area (Å²) in [6.07, 6.45) is 0.491. The van der Waals surface area contributed by atoms with E-state index in [1.165, 1.54) is 0 Å². The van der Waals surface area contributed by atoms with Crippen LogP contribution in [0.3, 0.4) is 0 Å². The third-order valence-electron chi connectivity index (χ3n) is 4.01. The smallest absolute Gasteiger partial charge is 0.324 e. The second kappa shape index (κ2) is 5.97. The molecule has 1 atom stereocenters. The highest BCUT2D eigenvalue weighted by atomic mass is 32.2. The van der Waals surface area contributed by atoms with Crippen LogP contribution in [0.5, 0.6) is 0 Å². The number of amides is 2. The van der Waals surface area contributed by atoms with Crippen LogP contribution in [-0.2, 0) is 11.2 Å². The van der Waals surface area contributed by atoms with Crippen molar-refractivity contribution in [3.63, 3.8) is 0 Å². The van der Waals surface area contributed by atoms with Gasteiger partial charge in [-0.25, -0.2) is 4.79 Å². The minimum Gasteiger partial charge on any atom is -0.481 e. The number of carboxylic acids is 1. The minimum absolute atomic E-state index is 0.0614. The Bertz CT molecular complexity index is 558. The maximum atomic E-state index is 12.7. The number of thioether (sulfide) groups is 1. The molecule has 2 aliphatic heterocycles. The van der Waals surface area contributed by atoms with Crippen LogP contribution in [0.2, 0.25) is 0 Å². The lowest BCUT2D eigenvalue weighted by Crippen LogP contribution is -2.51. The van der Waals surface area contributed by atoms with Crippen molar-refractivity contribution in [1.29, 1.82) is 0 Å². The van der Waals surface area contributed by atoms with Crippen molar-refractivity contribution in [3.05, 3.63) is 29.8 Å². The first-order valence-electron chi connectivity index (χ1n) is 7.11. The fourth-order valence-corrected chi connectivity index (χ4v) is 3.77. The van der Waals surface area contributed by atoms with Crippen LogP contribution in [0.1, 0.15) is 5.56 Å². The molecule has 2 heterocycles. The summed E-state index contributed by atoms with van der Waals surface area (Å²) in [7, 11) is 0. The lowest BCUT2D eigenvalue weighted by molar-refractivity contribution is -0.141. The first kappa shape index (κ1) is 14.3. The molecule has 2 amide bonds. The van der Waals surface area contributed by atoms with E-state index >= 15 is 0 Å². The van der Waals surface area contributed by atoms with Gasteiger partial charge in [-0.3, -0.25) is 9.69 Å². The Morgan fingerprint density at radius 2 is 1.90 bits per heavy atom. The van der Waals surface area contributed by atoms with Gasteiger partial charge < -0.3 is 10.0 Å². The topological polar surface area (TPSA) is 60.9 Å². The molecule has 2 aliphatic rings. The van der Waals surface area contributed by atoms with Gasteiger partial charge in [0.05, 0.1) is 5.92 Å². The zero-order valence-electron chi connectivity index (χ0n) is 11.7. The number of urea groups is 1. The van der Waals surface area contributed by atoms with E-state index in [4.69, 9.17) is 0 Å². The molecule has 0 saturated carbocycles. The Hall–Kier alpha value is -1.69. The molecule has 112 valence electrons. The molecule has 0 radical (unpaired) electrons. The van der Waals surface area contributed by atoms with Crippen LogP contribution in [0, 0.1) is 5.92 Å². The Morgan fingerprint density at radius 3 is 2.62 bits per heavy atom. The van der Waals surface area contributed by atoms with Gasteiger partial charge in [-0.15, -0.1) is 0 Å². The molecule has 1 saturated heterocycles. The van der Waals surface area contributed by atoms with Gasteiger partial charge >= 0.3 is 12.0 Å². The van der Waals surface area contributed by atoms with Gasteiger partial charge in [-0.05, 0) is 18.1 Å². The summed E-state index contributed by atoms with van der Waals surface area (Å²) in [5, 5.41) is 9.32. The number of rotatable bonds is 1. The average molecular weight is 306 g/mol. The number of nitrogens with zero attached hydrogens (tertiary/aromatic N) is 2. The van der Waals surface area contributed by atoms with E-state index in [0.717, 1.165) is 35.8 Å². The molecule has 1 aromatic carbocycles. The van der Waals surface area contributed by atoms with E-state index in [1.54, 1.807) is 4.90 Å². The second-order valence-corrected chi connectivity index (χ2v) is 6.59. The third kappa shape index (κ3) is 2.85. The number of carbonyl (C=O) groups is 2. The van der Waals surface area contributed by atoms with E-state index < -0.39 is 11.9 Å².